The van der Waals surface area contributed by atoms with E-state index in [1.54, 1.807) is 7.05 Å². The SMILES string of the molecule is CC(NC(=O)OC(C)(C)C)C12c3ccccc3C(c3ccccc31)[C@@H]1C(=O)N(C)C(=O)[C@@H]12. The van der Waals surface area contributed by atoms with Gasteiger partial charge in [-0.1, -0.05) is 48.5 Å². The van der Waals surface area contributed by atoms with Crippen molar-refractivity contribution in [3.8, 4) is 0 Å². The number of amides is 3. The summed E-state index contributed by atoms with van der Waals surface area (Å²) in [6.45, 7) is 7.36. The highest BCUT2D eigenvalue weighted by atomic mass is 16.6. The summed E-state index contributed by atoms with van der Waals surface area (Å²) in [5, 5.41) is 3.02. The van der Waals surface area contributed by atoms with Crippen LogP contribution in [0.4, 0.5) is 4.79 Å². The molecule has 3 amide bonds. The first kappa shape index (κ1) is 20.7. The van der Waals surface area contributed by atoms with Crippen molar-refractivity contribution in [1.29, 1.82) is 0 Å². The van der Waals surface area contributed by atoms with Gasteiger partial charge < -0.3 is 10.1 Å². The van der Waals surface area contributed by atoms with Gasteiger partial charge in [-0.25, -0.2) is 4.79 Å². The van der Waals surface area contributed by atoms with Crippen LogP contribution in [0.5, 0.6) is 0 Å². The second kappa shape index (κ2) is 6.67. The molecule has 1 unspecified atom stereocenters. The van der Waals surface area contributed by atoms with E-state index >= 15 is 0 Å². The molecule has 4 aliphatic rings. The smallest absolute Gasteiger partial charge is 0.407 e. The Bertz CT molecular complexity index is 1100. The number of carbonyl (C=O) groups is 3. The number of hydrogen-bond acceptors (Lipinski definition) is 4. The van der Waals surface area contributed by atoms with E-state index in [1.165, 1.54) is 4.90 Å². The topological polar surface area (TPSA) is 75.7 Å². The molecule has 0 spiro atoms. The van der Waals surface area contributed by atoms with Gasteiger partial charge in [0.1, 0.15) is 5.60 Å². The molecule has 2 aromatic rings. The monoisotopic (exact) mass is 432 g/mol. The Morgan fingerprint density at radius 1 is 1.00 bits per heavy atom. The van der Waals surface area contributed by atoms with Crippen LogP contribution in [0.15, 0.2) is 48.5 Å². The Morgan fingerprint density at radius 3 is 2.06 bits per heavy atom. The third-order valence-corrected chi connectivity index (χ3v) is 7.32. The molecule has 0 aromatic heterocycles. The maximum absolute atomic E-state index is 13.5. The van der Waals surface area contributed by atoms with E-state index in [4.69, 9.17) is 4.74 Å². The van der Waals surface area contributed by atoms with Gasteiger partial charge in [-0.15, -0.1) is 0 Å². The molecule has 2 aromatic carbocycles. The highest BCUT2D eigenvalue weighted by Crippen LogP contribution is 2.64. The van der Waals surface area contributed by atoms with Gasteiger partial charge in [0.2, 0.25) is 11.8 Å². The molecule has 1 aliphatic heterocycles. The lowest BCUT2D eigenvalue weighted by Crippen LogP contribution is -2.62. The summed E-state index contributed by atoms with van der Waals surface area (Å²) in [4.78, 5) is 41.0. The predicted octanol–water partition coefficient (Wildman–Crippen LogP) is 3.58. The number of rotatable bonds is 2. The van der Waals surface area contributed by atoms with Crippen molar-refractivity contribution in [2.75, 3.05) is 7.05 Å². The maximum Gasteiger partial charge on any atom is 0.407 e. The molecular weight excluding hydrogens is 404 g/mol. The van der Waals surface area contributed by atoms with Crippen LogP contribution in [0.2, 0.25) is 0 Å². The molecule has 3 aliphatic carbocycles. The highest BCUT2D eigenvalue weighted by molar-refractivity contribution is 6.08. The minimum atomic E-state index is -0.874. The fraction of sp³-hybridized carbons (Fsp3) is 0.423. The van der Waals surface area contributed by atoms with Crippen LogP contribution in [-0.4, -0.2) is 41.5 Å². The number of carbonyl (C=O) groups excluding carboxylic acids is 3. The molecule has 0 saturated carbocycles. The third-order valence-electron chi connectivity index (χ3n) is 7.32. The summed E-state index contributed by atoms with van der Waals surface area (Å²) in [6, 6.07) is 15.6. The summed E-state index contributed by atoms with van der Waals surface area (Å²) >= 11 is 0. The molecule has 1 heterocycles. The van der Waals surface area contributed by atoms with Crippen molar-refractivity contribution in [3.63, 3.8) is 0 Å². The Kier molecular flexibility index (Phi) is 4.32. The number of ether oxygens (including phenoxy) is 1. The molecule has 32 heavy (non-hydrogen) atoms. The Hall–Kier alpha value is -3.15. The van der Waals surface area contributed by atoms with Crippen LogP contribution < -0.4 is 5.32 Å². The average molecular weight is 433 g/mol. The number of nitrogens with zero attached hydrogens (tertiary/aromatic N) is 1. The van der Waals surface area contributed by atoms with Gasteiger partial charge in [0.05, 0.1) is 17.3 Å². The zero-order valence-electron chi connectivity index (χ0n) is 19.0. The highest BCUT2D eigenvalue weighted by Gasteiger charge is 2.69. The summed E-state index contributed by atoms with van der Waals surface area (Å²) in [6.07, 6.45) is -0.538. The van der Waals surface area contributed by atoms with E-state index in [1.807, 2.05) is 64.1 Å². The number of benzene rings is 2. The Balaban J connectivity index is 1.76. The molecule has 1 saturated heterocycles. The molecular formula is C26H28N2O4. The fourth-order valence-corrected chi connectivity index (χ4v) is 6.31. The van der Waals surface area contributed by atoms with Crippen LogP contribution in [0, 0.1) is 11.8 Å². The number of nitrogens with one attached hydrogen (secondary N) is 1. The molecule has 3 atom stereocenters. The Morgan fingerprint density at radius 2 is 1.53 bits per heavy atom. The van der Waals surface area contributed by atoms with Crippen molar-refractivity contribution >= 4 is 17.9 Å². The molecule has 6 nitrogen and oxygen atoms in total. The number of alkyl carbamates (subject to hydrolysis) is 1. The van der Waals surface area contributed by atoms with Crippen LogP contribution >= 0.6 is 0 Å². The zero-order chi connectivity index (χ0) is 23.0. The normalized spacial score (nSPS) is 28.7. The maximum atomic E-state index is 13.5. The van der Waals surface area contributed by atoms with Gasteiger partial charge in [0.15, 0.2) is 0 Å². The van der Waals surface area contributed by atoms with Crippen LogP contribution in [0.3, 0.4) is 0 Å². The van der Waals surface area contributed by atoms with E-state index in [2.05, 4.69) is 17.4 Å². The van der Waals surface area contributed by atoms with E-state index in [0.717, 1.165) is 22.3 Å². The van der Waals surface area contributed by atoms with Gasteiger partial charge >= 0.3 is 6.09 Å². The van der Waals surface area contributed by atoms with Crippen molar-refractivity contribution < 1.29 is 19.1 Å². The summed E-state index contributed by atoms with van der Waals surface area (Å²) in [7, 11) is 1.57. The molecule has 1 fully saturated rings. The second-order valence-electron chi connectivity index (χ2n) is 10.1. The van der Waals surface area contributed by atoms with Gasteiger partial charge in [-0.3, -0.25) is 14.5 Å². The summed E-state index contributed by atoms with van der Waals surface area (Å²) in [5.74, 6) is -1.58. The molecule has 166 valence electrons. The third kappa shape index (κ3) is 2.55. The minimum Gasteiger partial charge on any atom is -0.444 e. The second-order valence-corrected chi connectivity index (χ2v) is 10.1. The first-order chi connectivity index (χ1) is 15.1. The lowest BCUT2D eigenvalue weighted by atomic mass is 9.45. The van der Waals surface area contributed by atoms with Crippen molar-refractivity contribution in [3.05, 3.63) is 70.8 Å². The summed E-state index contributed by atoms with van der Waals surface area (Å²) in [5.41, 5.74) is 2.60. The quantitative estimate of drug-likeness (QED) is 0.736. The van der Waals surface area contributed by atoms with Crippen molar-refractivity contribution in [2.45, 2.75) is 50.7 Å². The van der Waals surface area contributed by atoms with Crippen molar-refractivity contribution in [2.24, 2.45) is 11.8 Å². The molecule has 1 N–H and O–H groups in total. The lowest BCUT2D eigenvalue weighted by Gasteiger charge is -2.56. The zero-order valence-corrected chi connectivity index (χ0v) is 19.0. The minimum absolute atomic E-state index is 0.150. The van der Waals surface area contributed by atoms with E-state index in [9.17, 15) is 14.4 Å². The predicted molar refractivity (Wildman–Crippen MR) is 119 cm³/mol. The van der Waals surface area contributed by atoms with E-state index in [0.29, 0.717) is 0 Å². The first-order valence-corrected chi connectivity index (χ1v) is 11.1. The largest absolute Gasteiger partial charge is 0.444 e. The first-order valence-electron chi connectivity index (χ1n) is 11.1. The lowest BCUT2D eigenvalue weighted by molar-refractivity contribution is -0.138. The number of likely N-dealkylation sites (tertiary alicyclic amines) is 1. The number of imide groups is 1. The standard InChI is InChI=1S/C26H28N2O4/c1-14(27-24(31)32-25(2,3)4)26-17-12-8-6-10-15(17)19(16-11-7-9-13-18(16)26)20-21(26)23(30)28(5)22(20)29/h6-14,19-21H,1-5H3,(H,27,31)/t14?,19?,20-,21+,26?/m0/s1. The molecule has 6 rings (SSSR count). The van der Waals surface area contributed by atoms with Crippen molar-refractivity contribution in [1.82, 2.24) is 10.2 Å². The van der Waals surface area contributed by atoms with Crippen LogP contribution in [0.1, 0.15) is 55.9 Å². The number of hydrogen-bond donors (Lipinski definition) is 1. The van der Waals surface area contributed by atoms with Gasteiger partial charge in [-0.2, -0.15) is 0 Å². The molecule has 6 heteroatoms. The summed E-state index contributed by atoms with van der Waals surface area (Å²) < 4.78 is 5.55. The van der Waals surface area contributed by atoms with Gasteiger partial charge in [-0.05, 0) is 49.9 Å². The van der Waals surface area contributed by atoms with E-state index in [-0.39, 0.29) is 17.7 Å². The van der Waals surface area contributed by atoms with Gasteiger partial charge in [0, 0.05) is 19.0 Å². The molecule has 2 bridgehead atoms. The van der Waals surface area contributed by atoms with Crippen LogP contribution in [-0.2, 0) is 19.7 Å². The molecule has 0 radical (unpaired) electrons. The average Bonchev–Trinajstić information content (AvgIpc) is 2.97. The van der Waals surface area contributed by atoms with Crippen LogP contribution in [0.25, 0.3) is 0 Å². The fourth-order valence-electron chi connectivity index (χ4n) is 6.31. The Labute approximate surface area is 187 Å². The van der Waals surface area contributed by atoms with Gasteiger partial charge in [0.25, 0.3) is 0 Å². The van der Waals surface area contributed by atoms with E-state index < -0.39 is 35.0 Å².